The molecule has 1 heterocycles. The van der Waals surface area contributed by atoms with E-state index in [0.29, 0.717) is 17.9 Å². The zero-order valence-electron chi connectivity index (χ0n) is 13.0. The lowest BCUT2D eigenvalue weighted by molar-refractivity contribution is -0.123. The van der Waals surface area contributed by atoms with Crippen molar-refractivity contribution < 1.29 is 4.79 Å². The van der Waals surface area contributed by atoms with Gasteiger partial charge in [-0.2, -0.15) is 0 Å². The summed E-state index contributed by atoms with van der Waals surface area (Å²) in [5, 5.41) is 3.04. The van der Waals surface area contributed by atoms with Gasteiger partial charge >= 0.3 is 0 Å². The Morgan fingerprint density at radius 3 is 2.26 bits per heavy atom. The molecule has 1 rings (SSSR count). The zero-order valence-corrected chi connectivity index (χ0v) is 13.0. The molecule has 4 nitrogen and oxygen atoms in total. The lowest BCUT2D eigenvalue weighted by Gasteiger charge is -2.31. The fourth-order valence-electron chi connectivity index (χ4n) is 2.81. The maximum atomic E-state index is 12.0. The van der Waals surface area contributed by atoms with Crippen molar-refractivity contribution in [1.29, 1.82) is 0 Å². The fraction of sp³-hybridized carbons (Fsp3) is 0.933. The second-order valence-corrected chi connectivity index (χ2v) is 6.54. The number of carbonyl (C=O) groups is 1. The Bertz CT molecular complexity index is 273. The number of carbonyl (C=O) groups excluding carboxylic acids is 1. The molecule has 0 aliphatic carbocycles. The number of likely N-dealkylation sites (tertiary alicyclic amines) is 1. The number of nitrogens with two attached hydrogens (primary N) is 1. The van der Waals surface area contributed by atoms with Crippen molar-refractivity contribution >= 4 is 5.91 Å². The lowest BCUT2D eigenvalue weighted by atomic mass is 10.0. The summed E-state index contributed by atoms with van der Waals surface area (Å²) in [7, 11) is 0. The summed E-state index contributed by atoms with van der Waals surface area (Å²) < 4.78 is 0. The molecule has 1 saturated heterocycles. The SMILES string of the molecule is CC(C)C[C@H](N)C(=O)NCC(C(C)C)N1CCCC1. The van der Waals surface area contributed by atoms with Gasteiger partial charge in [0.25, 0.3) is 0 Å². The number of rotatable bonds is 7. The van der Waals surface area contributed by atoms with Gasteiger partial charge in [-0.3, -0.25) is 9.69 Å². The van der Waals surface area contributed by atoms with Crippen LogP contribution in [0.25, 0.3) is 0 Å². The van der Waals surface area contributed by atoms with Crippen molar-refractivity contribution in [2.45, 2.75) is 59.0 Å². The topological polar surface area (TPSA) is 58.4 Å². The van der Waals surface area contributed by atoms with E-state index in [0.717, 1.165) is 26.1 Å². The first-order valence-corrected chi connectivity index (χ1v) is 7.69. The van der Waals surface area contributed by atoms with Gasteiger partial charge in [-0.1, -0.05) is 27.7 Å². The van der Waals surface area contributed by atoms with Crippen molar-refractivity contribution in [1.82, 2.24) is 10.2 Å². The second kappa shape index (κ2) is 7.85. The Kier molecular flexibility index (Phi) is 6.80. The van der Waals surface area contributed by atoms with Crippen LogP contribution in [-0.4, -0.2) is 42.5 Å². The highest BCUT2D eigenvalue weighted by Gasteiger charge is 2.25. The summed E-state index contributed by atoms with van der Waals surface area (Å²) in [6, 6.07) is 0.0732. The first kappa shape index (κ1) is 16.4. The highest BCUT2D eigenvalue weighted by Crippen LogP contribution is 2.17. The van der Waals surface area contributed by atoms with E-state index in [1.54, 1.807) is 0 Å². The molecule has 19 heavy (non-hydrogen) atoms. The Hall–Kier alpha value is -0.610. The van der Waals surface area contributed by atoms with Crippen LogP contribution in [0.1, 0.15) is 47.0 Å². The number of nitrogens with zero attached hydrogens (tertiary/aromatic N) is 1. The largest absolute Gasteiger partial charge is 0.353 e. The number of amides is 1. The maximum Gasteiger partial charge on any atom is 0.236 e. The predicted molar refractivity (Wildman–Crippen MR) is 79.9 cm³/mol. The molecule has 0 bridgehead atoms. The molecule has 0 aromatic rings. The van der Waals surface area contributed by atoms with Gasteiger partial charge in [-0.15, -0.1) is 0 Å². The normalized spacial score (nSPS) is 19.9. The molecule has 0 aromatic carbocycles. The Morgan fingerprint density at radius 2 is 1.79 bits per heavy atom. The van der Waals surface area contributed by atoms with Crippen molar-refractivity contribution in [3.63, 3.8) is 0 Å². The van der Waals surface area contributed by atoms with Crippen LogP contribution in [0.5, 0.6) is 0 Å². The van der Waals surface area contributed by atoms with Crippen molar-refractivity contribution in [2.75, 3.05) is 19.6 Å². The molecular formula is C15H31N3O. The number of hydrogen-bond donors (Lipinski definition) is 2. The Labute approximate surface area is 118 Å². The summed E-state index contributed by atoms with van der Waals surface area (Å²) >= 11 is 0. The van der Waals surface area contributed by atoms with Gasteiger partial charge in [-0.25, -0.2) is 0 Å². The van der Waals surface area contributed by atoms with Gasteiger partial charge in [-0.05, 0) is 44.2 Å². The van der Waals surface area contributed by atoms with Crippen molar-refractivity contribution in [3.8, 4) is 0 Å². The minimum atomic E-state index is -0.369. The number of nitrogens with one attached hydrogen (secondary N) is 1. The Morgan fingerprint density at radius 1 is 1.21 bits per heavy atom. The van der Waals surface area contributed by atoms with Crippen LogP contribution in [0, 0.1) is 11.8 Å². The second-order valence-electron chi connectivity index (χ2n) is 6.54. The molecular weight excluding hydrogens is 238 g/mol. The first-order chi connectivity index (χ1) is 8.91. The average molecular weight is 269 g/mol. The third kappa shape index (κ3) is 5.49. The van der Waals surface area contributed by atoms with E-state index in [1.807, 2.05) is 0 Å². The van der Waals surface area contributed by atoms with E-state index in [9.17, 15) is 4.79 Å². The molecule has 1 unspecified atom stereocenters. The summed E-state index contributed by atoms with van der Waals surface area (Å²) in [5.74, 6) is 1.01. The monoisotopic (exact) mass is 269 g/mol. The molecule has 0 spiro atoms. The van der Waals surface area contributed by atoms with Gasteiger partial charge in [0.15, 0.2) is 0 Å². The van der Waals surface area contributed by atoms with E-state index >= 15 is 0 Å². The maximum absolute atomic E-state index is 12.0. The van der Waals surface area contributed by atoms with E-state index < -0.39 is 0 Å². The molecule has 1 aliphatic rings. The summed E-state index contributed by atoms with van der Waals surface area (Å²) in [4.78, 5) is 14.5. The molecule has 0 radical (unpaired) electrons. The van der Waals surface area contributed by atoms with Crippen LogP contribution in [0.2, 0.25) is 0 Å². The van der Waals surface area contributed by atoms with Crippen LogP contribution in [0.4, 0.5) is 0 Å². The van der Waals surface area contributed by atoms with Crippen LogP contribution in [0.3, 0.4) is 0 Å². The highest BCUT2D eigenvalue weighted by molar-refractivity contribution is 5.81. The van der Waals surface area contributed by atoms with Crippen molar-refractivity contribution in [3.05, 3.63) is 0 Å². The molecule has 0 saturated carbocycles. The molecule has 0 aromatic heterocycles. The summed E-state index contributed by atoms with van der Waals surface area (Å²) in [6.45, 7) is 11.7. The van der Waals surface area contributed by atoms with E-state index in [2.05, 4.69) is 37.9 Å². The quantitative estimate of drug-likeness (QED) is 0.738. The summed E-state index contributed by atoms with van der Waals surface area (Å²) in [5.41, 5.74) is 5.91. The molecule has 4 heteroatoms. The van der Waals surface area contributed by atoms with E-state index in [-0.39, 0.29) is 11.9 Å². The molecule has 1 amide bonds. The van der Waals surface area contributed by atoms with Gasteiger partial charge in [0.05, 0.1) is 6.04 Å². The Balaban J connectivity index is 2.40. The predicted octanol–water partition coefficient (Wildman–Crippen LogP) is 1.60. The van der Waals surface area contributed by atoms with E-state index in [1.165, 1.54) is 12.8 Å². The van der Waals surface area contributed by atoms with Crippen LogP contribution >= 0.6 is 0 Å². The zero-order chi connectivity index (χ0) is 14.4. The van der Waals surface area contributed by atoms with Crippen LogP contribution < -0.4 is 11.1 Å². The smallest absolute Gasteiger partial charge is 0.236 e. The molecule has 1 aliphatic heterocycles. The van der Waals surface area contributed by atoms with Gasteiger partial charge in [0.1, 0.15) is 0 Å². The van der Waals surface area contributed by atoms with Crippen molar-refractivity contribution in [2.24, 2.45) is 17.6 Å². The molecule has 2 atom stereocenters. The third-order valence-corrected chi connectivity index (χ3v) is 3.93. The standard InChI is InChI=1S/C15H31N3O/c1-11(2)9-13(16)15(19)17-10-14(12(3)4)18-7-5-6-8-18/h11-14H,5-10,16H2,1-4H3,(H,17,19)/t13-,14?/m0/s1. The van der Waals surface area contributed by atoms with Gasteiger partial charge in [0, 0.05) is 12.6 Å². The van der Waals surface area contributed by atoms with E-state index in [4.69, 9.17) is 5.73 Å². The summed E-state index contributed by atoms with van der Waals surface area (Å²) in [6.07, 6.45) is 3.32. The minimum absolute atomic E-state index is 0.00135. The average Bonchev–Trinajstić information content (AvgIpc) is 2.81. The first-order valence-electron chi connectivity index (χ1n) is 7.69. The van der Waals surface area contributed by atoms with Crippen LogP contribution in [0.15, 0.2) is 0 Å². The molecule has 3 N–H and O–H groups in total. The highest BCUT2D eigenvalue weighted by atomic mass is 16.2. The molecule has 112 valence electrons. The number of hydrogen-bond acceptors (Lipinski definition) is 3. The van der Waals surface area contributed by atoms with Gasteiger partial charge in [0.2, 0.25) is 5.91 Å². The minimum Gasteiger partial charge on any atom is -0.353 e. The fourth-order valence-corrected chi connectivity index (χ4v) is 2.81. The van der Waals surface area contributed by atoms with Gasteiger partial charge < -0.3 is 11.1 Å². The third-order valence-electron chi connectivity index (χ3n) is 3.93. The molecule has 1 fully saturated rings. The van der Waals surface area contributed by atoms with Crippen LogP contribution in [-0.2, 0) is 4.79 Å². The lowest BCUT2D eigenvalue weighted by Crippen LogP contribution is -2.49.